The number of para-hydroxylation sites is 1. The van der Waals surface area contributed by atoms with Gasteiger partial charge in [0.2, 0.25) is 0 Å². The number of fused-ring (bicyclic) bond motifs is 1. The van der Waals surface area contributed by atoms with Gasteiger partial charge in [-0.1, -0.05) is 42.5 Å². The molecule has 0 aliphatic heterocycles. The summed E-state index contributed by atoms with van der Waals surface area (Å²) in [5.41, 5.74) is 0.711. The predicted molar refractivity (Wildman–Crippen MR) is 122 cm³/mol. The molecule has 0 radical (unpaired) electrons. The van der Waals surface area contributed by atoms with Crippen LogP contribution in [0, 0.1) is 0 Å². The Morgan fingerprint density at radius 1 is 0.886 bits per heavy atom. The number of rotatable bonds is 6. The molecule has 0 aliphatic rings. The summed E-state index contributed by atoms with van der Waals surface area (Å²) in [7, 11) is 0. The van der Waals surface area contributed by atoms with Crippen LogP contribution in [0.25, 0.3) is 10.9 Å². The van der Waals surface area contributed by atoms with Gasteiger partial charge in [0.15, 0.2) is 0 Å². The fourth-order valence-corrected chi connectivity index (χ4v) is 3.98. The number of nitrogens with one attached hydrogen (secondary N) is 1. The van der Waals surface area contributed by atoms with Gasteiger partial charge in [-0.2, -0.15) is 13.2 Å². The molecule has 0 aliphatic carbocycles. The molecule has 7 nitrogen and oxygen atoms in total. The Morgan fingerprint density at radius 3 is 2.23 bits per heavy atom. The van der Waals surface area contributed by atoms with E-state index in [1.807, 2.05) is 0 Å². The number of carbonyl (C=O) groups is 1. The Labute approximate surface area is 196 Å². The summed E-state index contributed by atoms with van der Waals surface area (Å²) < 4.78 is 42.4. The summed E-state index contributed by atoms with van der Waals surface area (Å²) in [6.45, 7) is -0.176. The lowest BCUT2D eigenvalue weighted by Crippen LogP contribution is -2.40. The number of hydrogen-bond donors (Lipinski definition) is 2. The number of hydroxylamine groups is 1. The van der Waals surface area contributed by atoms with E-state index >= 15 is 0 Å². The first kappa shape index (κ1) is 24.0. The molecule has 4 aromatic rings. The van der Waals surface area contributed by atoms with E-state index in [2.05, 4.69) is 0 Å². The molecule has 0 saturated carbocycles. The fraction of sp³-hybridized carbons (Fsp3) is 0.160. The zero-order valence-corrected chi connectivity index (χ0v) is 18.2. The minimum Gasteiger partial charge on any atom is -0.289 e. The van der Waals surface area contributed by atoms with E-state index in [-0.39, 0.29) is 36.0 Å². The largest absolute Gasteiger partial charge is 0.416 e. The van der Waals surface area contributed by atoms with Gasteiger partial charge in [0.25, 0.3) is 11.5 Å². The van der Waals surface area contributed by atoms with Gasteiger partial charge < -0.3 is 0 Å². The van der Waals surface area contributed by atoms with Crippen molar-refractivity contribution in [2.45, 2.75) is 25.7 Å². The van der Waals surface area contributed by atoms with Crippen molar-refractivity contribution in [2.24, 2.45) is 0 Å². The molecule has 0 fully saturated rings. The van der Waals surface area contributed by atoms with Gasteiger partial charge in [0, 0.05) is 12.1 Å². The number of aromatic nitrogens is 2. The van der Waals surface area contributed by atoms with Crippen LogP contribution in [0.3, 0.4) is 0 Å². The Hall–Kier alpha value is -4.18. The monoisotopic (exact) mass is 483 g/mol. The molecule has 0 bridgehead atoms. The topological polar surface area (TPSA) is 93.3 Å². The van der Waals surface area contributed by atoms with Gasteiger partial charge >= 0.3 is 11.9 Å². The number of carbonyl (C=O) groups excluding carboxylic acids is 1. The standard InChI is InChI=1S/C25H20F3N3O4/c26-25(27,28)20-7-3-1-5-17(20)13-14-30-23(33)19-6-2-4-8-21(19)31(24(30)34)15-16-9-11-18(12-10-16)22(32)29-35/h1-12,35H,13-15H2,(H,29,32). The second kappa shape index (κ2) is 9.59. The summed E-state index contributed by atoms with van der Waals surface area (Å²) in [5.74, 6) is -0.688. The van der Waals surface area contributed by atoms with Crippen LogP contribution in [-0.4, -0.2) is 20.2 Å². The molecule has 0 atom stereocenters. The highest BCUT2D eigenvalue weighted by molar-refractivity contribution is 5.93. The number of alkyl halides is 3. The van der Waals surface area contributed by atoms with Crippen LogP contribution in [-0.2, 0) is 25.7 Å². The van der Waals surface area contributed by atoms with E-state index in [9.17, 15) is 27.6 Å². The lowest BCUT2D eigenvalue weighted by atomic mass is 10.0. The Bertz CT molecular complexity index is 1510. The maximum atomic E-state index is 13.4. The first-order valence-corrected chi connectivity index (χ1v) is 10.6. The molecule has 0 spiro atoms. The van der Waals surface area contributed by atoms with Gasteiger partial charge in [-0.05, 0) is 47.9 Å². The zero-order chi connectivity index (χ0) is 25.2. The van der Waals surface area contributed by atoms with Gasteiger partial charge in [0.1, 0.15) is 0 Å². The van der Waals surface area contributed by atoms with Crippen LogP contribution >= 0.6 is 0 Å². The van der Waals surface area contributed by atoms with Crippen molar-refractivity contribution in [3.63, 3.8) is 0 Å². The van der Waals surface area contributed by atoms with Gasteiger partial charge in [-0.3, -0.25) is 23.9 Å². The average molecular weight is 483 g/mol. The maximum absolute atomic E-state index is 13.4. The Balaban J connectivity index is 1.75. The molecule has 4 rings (SSSR count). The van der Waals surface area contributed by atoms with Crippen LogP contribution in [0.2, 0.25) is 0 Å². The summed E-state index contributed by atoms with van der Waals surface area (Å²) in [4.78, 5) is 38.0. The quantitative estimate of drug-likeness (QED) is 0.324. The molecule has 180 valence electrons. The first-order valence-electron chi connectivity index (χ1n) is 10.6. The SMILES string of the molecule is O=C(NO)c1ccc(Cn2c(=O)n(CCc3ccccc3C(F)(F)F)c(=O)c3ccccc32)cc1. The van der Waals surface area contributed by atoms with Crippen LogP contribution in [0.5, 0.6) is 0 Å². The van der Waals surface area contributed by atoms with Gasteiger partial charge in [0.05, 0.1) is 23.0 Å². The van der Waals surface area contributed by atoms with E-state index < -0.39 is 28.9 Å². The molecule has 10 heteroatoms. The van der Waals surface area contributed by atoms with E-state index in [1.165, 1.54) is 40.4 Å². The zero-order valence-electron chi connectivity index (χ0n) is 18.2. The van der Waals surface area contributed by atoms with Crippen LogP contribution in [0.4, 0.5) is 13.2 Å². The molecule has 0 saturated heterocycles. The first-order chi connectivity index (χ1) is 16.7. The summed E-state index contributed by atoms with van der Waals surface area (Å²) in [5, 5.41) is 9.02. The third-order valence-electron chi connectivity index (χ3n) is 5.72. The maximum Gasteiger partial charge on any atom is 0.416 e. The van der Waals surface area contributed by atoms with Crippen LogP contribution in [0.15, 0.2) is 82.4 Å². The molecule has 1 heterocycles. The number of nitrogens with zero attached hydrogens (tertiary/aromatic N) is 2. The third-order valence-corrected chi connectivity index (χ3v) is 5.72. The Kier molecular flexibility index (Phi) is 6.57. The number of benzene rings is 3. The number of hydrogen-bond acceptors (Lipinski definition) is 4. The highest BCUT2D eigenvalue weighted by Gasteiger charge is 2.32. The fourth-order valence-electron chi connectivity index (χ4n) is 3.98. The molecule has 2 N–H and O–H groups in total. The second-order valence-corrected chi connectivity index (χ2v) is 7.89. The number of aryl methyl sites for hydroxylation is 1. The Morgan fingerprint density at radius 2 is 1.54 bits per heavy atom. The second-order valence-electron chi connectivity index (χ2n) is 7.89. The number of amides is 1. The molecule has 1 aromatic heterocycles. The third kappa shape index (κ3) is 4.87. The lowest BCUT2D eigenvalue weighted by Gasteiger charge is -2.16. The molecule has 3 aromatic carbocycles. The predicted octanol–water partition coefficient (Wildman–Crippen LogP) is 3.59. The number of halogens is 3. The van der Waals surface area contributed by atoms with Gasteiger partial charge in [-0.15, -0.1) is 0 Å². The van der Waals surface area contributed by atoms with E-state index in [4.69, 9.17) is 5.21 Å². The molecule has 35 heavy (non-hydrogen) atoms. The van der Waals surface area contributed by atoms with Crippen LogP contribution < -0.4 is 16.7 Å². The van der Waals surface area contributed by atoms with Crippen molar-refractivity contribution in [1.29, 1.82) is 0 Å². The van der Waals surface area contributed by atoms with Crippen LogP contribution in [0.1, 0.15) is 27.0 Å². The van der Waals surface area contributed by atoms with Crippen molar-refractivity contribution in [3.8, 4) is 0 Å². The summed E-state index contributed by atoms with van der Waals surface area (Å²) in [6, 6.07) is 17.7. The summed E-state index contributed by atoms with van der Waals surface area (Å²) in [6.07, 6.45) is -4.71. The van der Waals surface area contributed by atoms with E-state index in [1.54, 1.807) is 36.4 Å². The lowest BCUT2D eigenvalue weighted by molar-refractivity contribution is -0.138. The minimum absolute atomic E-state index is 0.0104. The molecular formula is C25H20F3N3O4. The molecular weight excluding hydrogens is 463 g/mol. The molecule has 1 amide bonds. The normalized spacial score (nSPS) is 11.5. The van der Waals surface area contributed by atoms with Crippen molar-refractivity contribution >= 4 is 16.8 Å². The van der Waals surface area contributed by atoms with Crippen molar-refractivity contribution in [1.82, 2.24) is 14.6 Å². The van der Waals surface area contributed by atoms with Crippen molar-refractivity contribution in [2.75, 3.05) is 0 Å². The van der Waals surface area contributed by atoms with Crippen molar-refractivity contribution in [3.05, 3.63) is 116 Å². The highest BCUT2D eigenvalue weighted by atomic mass is 19.4. The van der Waals surface area contributed by atoms with E-state index in [0.29, 0.717) is 11.1 Å². The van der Waals surface area contributed by atoms with Gasteiger partial charge in [-0.25, -0.2) is 10.3 Å². The summed E-state index contributed by atoms with van der Waals surface area (Å²) >= 11 is 0. The highest BCUT2D eigenvalue weighted by Crippen LogP contribution is 2.32. The average Bonchev–Trinajstić information content (AvgIpc) is 2.86. The van der Waals surface area contributed by atoms with Crippen molar-refractivity contribution < 1.29 is 23.2 Å². The minimum atomic E-state index is -4.55. The molecule has 0 unspecified atom stereocenters. The van der Waals surface area contributed by atoms with E-state index in [0.717, 1.165) is 10.6 Å². The smallest absolute Gasteiger partial charge is 0.289 e.